The first-order valence-electron chi connectivity index (χ1n) is 10.2. The van der Waals surface area contributed by atoms with Crippen LogP contribution in [0, 0.1) is 11.6 Å². The Balaban J connectivity index is 1.66. The smallest absolute Gasteiger partial charge is 0.258 e. The Morgan fingerprint density at radius 1 is 0.939 bits per heavy atom. The lowest BCUT2D eigenvalue weighted by Crippen LogP contribution is -2.46. The highest BCUT2D eigenvalue weighted by atomic mass is 32.1. The molecule has 164 valence electrons. The number of aromatic nitrogens is 2. The van der Waals surface area contributed by atoms with E-state index in [0.717, 1.165) is 11.1 Å². The Hall–Kier alpha value is -3.91. The number of thiocarbonyl (C=S) groups is 1. The fourth-order valence-electron chi connectivity index (χ4n) is 3.89. The minimum atomic E-state index is -0.466. The molecule has 0 bridgehead atoms. The van der Waals surface area contributed by atoms with Gasteiger partial charge in [-0.3, -0.25) is 4.90 Å². The molecule has 5 rings (SSSR count). The lowest BCUT2D eigenvalue weighted by atomic mass is 9.94. The van der Waals surface area contributed by atoms with Gasteiger partial charge in [-0.15, -0.1) is 0 Å². The topological polar surface area (TPSA) is 54.2 Å². The predicted octanol–water partition coefficient (Wildman–Crippen LogP) is 5.88. The van der Waals surface area contributed by atoms with Crippen molar-refractivity contribution in [3.05, 3.63) is 108 Å². The average Bonchev–Trinajstić information content (AvgIpc) is 3.30. The first-order chi connectivity index (χ1) is 16.0. The number of benzene rings is 3. The Bertz CT molecular complexity index is 1350. The van der Waals surface area contributed by atoms with E-state index in [1.54, 1.807) is 29.2 Å². The maximum Gasteiger partial charge on any atom is 0.258 e. The van der Waals surface area contributed by atoms with Gasteiger partial charge in [0, 0.05) is 11.3 Å². The monoisotopic (exact) mass is 460 g/mol. The van der Waals surface area contributed by atoms with Gasteiger partial charge in [-0.25, -0.2) is 8.78 Å². The Morgan fingerprint density at radius 2 is 1.70 bits per heavy atom. The molecule has 2 heterocycles. The minimum absolute atomic E-state index is 0.289. The van der Waals surface area contributed by atoms with Gasteiger partial charge < -0.3 is 9.84 Å². The third-order valence-electron chi connectivity index (χ3n) is 5.44. The molecule has 0 saturated carbocycles. The largest absolute Gasteiger partial charge is 0.351 e. The van der Waals surface area contributed by atoms with E-state index in [1.165, 1.54) is 24.3 Å². The number of nitrogens with zero attached hydrogens (tertiary/aromatic N) is 3. The van der Waals surface area contributed by atoms with Gasteiger partial charge in [-0.05, 0) is 55.0 Å². The minimum Gasteiger partial charge on any atom is -0.351 e. The van der Waals surface area contributed by atoms with E-state index in [4.69, 9.17) is 16.7 Å². The van der Waals surface area contributed by atoms with Gasteiger partial charge in [-0.2, -0.15) is 4.98 Å². The highest BCUT2D eigenvalue weighted by molar-refractivity contribution is 7.80. The maximum absolute atomic E-state index is 14.0. The van der Waals surface area contributed by atoms with Gasteiger partial charge in [0.2, 0.25) is 5.82 Å². The second-order valence-corrected chi connectivity index (χ2v) is 7.92. The summed E-state index contributed by atoms with van der Waals surface area (Å²) in [5, 5.41) is 7.80. The highest BCUT2D eigenvalue weighted by Crippen LogP contribution is 2.39. The van der Waals surface area contributed by atoms with E-state index >= 15 is 0 Å². The molecule has 0 aliphatic carbocycles. The second-order valence-electron chi connectivity index (χ2n) is 7.54. The third kappa shape index (κ3) is 4.01. The van der Waals surface area contributed by atoms with Crippen LogP contribution >= 0.6 is 12.2 Å². The molecule has 1 aliphatic rings. The normalized spacial score (nSPS) is 16.2. The van der Waals surface area contributed by atoms with Crippen LogP contribution < -0.4 is 10.2 Å². The number of halogens is 2. The molecule has 1 aliphatic heterocycles. The molecular formula is C25H18F2N4OS. The Morgan fingerprint density at radius 3 is 2.42 bits per heavy atom. The van der Waals surface area contributed by atoms with E-state index in [2.05, 4.69) is 15.5 Å². The molecule has 1 unspecified atom stereocenters. The summed E-state index contributed by atoms with van der Waals surface area (Å²) in [4.78, 5) is 6.35. The molecule has 4 aromatic rings. The molecule has 1 N–H and O–H groups in total. The molecule has 0 fully saturated rings. The van der Waals surface area contributed by atoms with Crippen molar-refractivity contribution >= 4 is 28.6 Å². The molecule has 33 heavy (non-hydrogen) atoms. The highest BCUT2D eigenvalue weighted by Gasteiger charge is 2.34. The summed E-state index contributed by atoms with van der Waals surface area (Å²) in [5.41, 5.74) is 3.50. The number of nitrogens with one attached hydrogen (secondary N) is 1. The first kappa shape index (κ1) is 21.0. The van der Waals surface area contributed by atoms with Crippen molar-refractivity contribution in [1.29, 1.82) is 0 Å². The van der Waals surface area contributed by atoms with Gasteiger partial charge in [0.1, 0.15) is 11.6 Å². The summed E-state index contributed by atoms with van der Waals surface area (Å²) in [6.45, 7) is 1.86. The van der Waals surface area contributed by atoms with Crippen LogP contribution in [-0.2, 0) is 0 Å². The van der Waals surface area contributed by atoms with Gasteiger partial charge in [-0.1, -0.05) is 53.7 Å². The van der Waals surface area contributed by atoms with E-state index in [0.29, 0.717) is 27.9 Å². The summed E-state index contributed by atoms with van der Waals surface area (Å²) < 4.78 is 33.3. The average molecular weight is 461 g/mol. The molecule has 1 atom stereocenters. The van der Waals surface area contributed by atoms with Crippen molar-refractivity contribution in [1.82, 2.24) is 15.5 Å². The Kier molecular flexibility index (Phi) is 5.43. The predicted molar refractivity (Wildman–Crippen MR) is 126 cm³/mol. The van der Waals surface area contributed by atoms with E-state index < -0.39 is 6.04 Å². The van der Waals surface area contributed by atoms with Crippen LogP contribution in [-0.4, -0.2) is 15.3 Å². The van der Waals surface area contributed by atoms with Crippen molar-refractivity contribution in [3.8, 4) is 11.4 Å². The van der Waals surface area contributed by atoms with Gasteiger partial charge in [0.05, 0.1) is 17.3 Å². The van der Waals surface area contributed by atoms with Crippen LogP contribution in [0.4, 0.5) is 14.5 Å². The van der Waals surface area contributed by atoms with Crippen LogP contribution in [0.25, 0.3) is 17.0 Å². The molecule has 5 nitrogen and oxygen atoms in total. The Labute approximate surface area is 194 Å². The number of rotatable bonds is 4. The van der Waals surface area contributed by atoms with Crippen LogP contribution in [0.15, 0.2) is 89.1 Å². The van der Waals surface area contributed by atoms with E-state index in [1.807, 2.05) is 37.3 Å². The zero-order valence-corrected chi connectivity index (χ0v) is 18.3. The van der Waals surface area contributed by atoms with Gasteiger partial charge >= 0.3 is 0 Å². The van der Waals surface area contributed by atoms with E-state index in [9.17, 15) is 8.78 Å². The summed E-state index contributed by atoms with van der Waals surface area (Å²) in [5.74, 6) is 0.00526. The molecule has 0 spiro atoms. The summed E-state index contributed by atoms with van der Waals surface area (Å²) in [6.07, 6.45) is 0. The molecule has 0 amide bonds. The second kappa shape index (κ2) is 8.55. The fraction of sp³-hybridized carbons (Fsp3) is 0.0800. The van der Waals surface area contributed by atoms with Crippen LogP contribution in [0.5, 0.6) is 0 Å². The summed E-state index contributed by atoms with van der Waals surface area (Å²) in [6, 6.07) is 21.3. The molecular weight excluding hydrogens is 442 g/mol. The third-order valence-corrected chi connectivity index (χ3v) is 5.74. The van der Waals surface area contributed by atoms with Crippen LogP contribution in [0.3, 0.4) is 0 Å². The number of hydrogen-bond acceptors (Lipinski definition) is 4. The number of allylic oxidation sites excluding steroid dienone is 1. The van der Waals surface area contributed by atoms with Crippen LogP contribution in [0.2, 0.25) is 0 Å². The lowest BCUT2D eigenvalue weighted by Gasteiger charge is -2.37. The van der Waals surface area contributed by atoms with Gasteiger partial charge in [0.15, 0.2) is 5.11 Å². The maximum atomic E-state index is 14.0. The molecule has 1 aromatic heterocycles. The van der Waals surface area contributed by atoms with Crippen molar-refractivity contribution in [2.75, 3.05) is 4.90 Å². The van der Waals surface area contributed by atoms with Crippen molar-refractivity contribution in [2.24, 2.45) is 0 Å². The van der Waals surface area contributed by atoms with Gasteiger partial charge in [0.25, 0.3) is 5.89 Å². The standard InChI is InChI=1S/C25H18F2N4OS/c1-15-21(24-29-23(30-32-24)17-6-3-2-4-7-17)22(16-10-12-18(26)13-11-16)28-25(33)31(15)20-9-5-8-19(27)14-20/h2-14,22H,1H3,(H,28,33). The zero-order chi connectivity index (χ0) is 22.9. The van der Waals surface area contributed by atoms with E-state index in [-0.39, 0.29) is 17.5 Å². The van der Waals surface area contributed by atoms with Crippen molar-refractivity contribution < 1.29 is 13.3 Å². The SMILES string of the molecule is CC1=C(c2nc(-c3ccccc3)no2)C(c2ccc(F)cc2)NC(=S)N1c1cccc(F)c1. The first-order valence-corrected chi connectivity index (χ1v) is 10.6. The lowest BCUT2D eigenvalue weighted by molar-refractivity contribution is 0.404. The molecule has 0 radical (unpaired) electrons. The molecule has 3 aromatic carbocycles. The van der Waals surface area contributed by atoms with Crippen molar-refractivity contribution in [3.63, 3.8) is 0 Å². The molecule has 0 saturated heterocycles. The summed E-state index contributed by atoms with van der Waals surface area (Å²) in [7, 11) is 0. The number of anilines is 1. The molecule has 8 heteroatoms. The number of hydrogen-bond donors (Lipinski definition) is 1. The zero-order valence-electron chi connectivity index (χ0n) is 17.5. The quantitative estimate of drug-likeness (QED) is 0.384. The van der Waals surface area contributed by atoms with Crippen LogP contribution in [0.1, 0.15) is 24.4 Å². The summed E-state index contributed by atoms with van der Waals surface area (Å²) >= 11 is 5.63. The van der Waals surface area contributed by atoms with Crippen molar-refractivity contribution in [2.45, 2.75) is 13.0 Å². The fourth-order valence-corrected chi connectivity index (χ4v) is 4.25.